The van der Waals surface area contributed by atoms with E-state index in [0.29, 0.717) is 44.0 Å². The fourth-order valence-electron chi connectivity index (χ4n) is 5.12. The summed E-state index contributed by atoms with van der Waals surface area (Å²) in [7, 11) is -3.15. The number of piperidine rings is 1. The molecule has 4 heterocycles. The normalized spacial score (nSPS) is 27.5. The molecule has 2 aliphatic heterocycles. The van der Waals surface area contributed by atoms with Crippen molar-refractivity contribution < 1.29 is 17.7 Å². The maximum absolute atomic E-state index is 11.7. The standard InChI is InChI=1S/C23H31N5O4S/c1-15(2)21-25-22(32-26-21)27-12-18-19(23(18,3)14-27)13-31-17-5-6-20(24-11-17)16-7-9-28(10-8-16)33(4,29)30/h5-7,11,15,18-19H,8-10,12-14H2,1-4H3. The lowest BCUT2D eigenvalue weighted by molar-refractivity contribution is 0.268. The average molecular weight is 474 g/mol. The van der Waals surface area contributed by atoms with Crippen molar-refractivity contribution in [3.05, 3.63) is 35.9 Å². The third-order valence-electron chi connectivity index (χ3n) is 7.37. The molecule has 5 rings (SSSR count). The number of rotatable bonds is 7. The summed E-state index contributed by atoms with van der Waals surface area (Å²) in [5.74, 6) is 2.83. The Labute approximate surface area is 194 Å². The number of hydrogen-bond acceptors (Lipinski definition) is 8. The van der Waals surface area contributed by atoms with Crippen LogP contribution in [0.1, 0.15) is 44.6 Å². The molecule has 1 saturated heterocycles. The smallest absolute Gasteiger partial charge is 0.324 e. The highest BCUT2D eigenvalue weighted by atomic mass is 32.2. The molecule has 3 unspecified atom stereocenters. The molecule has 2 fully saturated rings. The molecule has 0 spiro atoms. The molecule has 2 aromatic heterocycles. The van der Waals surface area contributed by atoms with Crippen LogP contribution < -0.4 is 9.64 Å². The van der Waals surface area contributed by atoms with E-state index in [1.165, 1.54) is 10.6 Å². The Morgan fingerprint density at radius 3 is 2.70 bits per heavy atom. The predicted octanol–water partition coefficient (Wildman–Crippen LogP) is 2.79. The fraction of sp³-hybridized carbons (Fsp3) is 0.609. The molecule has 0 N–H and O–H groups in total. The molecular weight excluding hydrogens is 442 g/mol. The molecule has 1 aliphatic carbocycles. The van der Waals surface area contributed by atoms with Crippen LogP contribution >= 0.6 is 0 Å². The van der Waals surface area contributed by atoms with Crippen LogP contribution in [0.2, 0.25) is 0 Å². The van der Waals surface area contributed by atoms with Gasteiger partial charge in [-0.05, 0) is 35.5 Å². The van der Waals surface area contributed by atoms with E-state index in [2.05, 4.69) is 40.8 Å². The molecule has 9 nitrogen and oxygen atoms in total. The van der Waals surface area contributed by atoms with Gasteiger partial charge in [0.05, 0.1) is 24.8 Å². The first kappa shape index (κ1) is 22.3. The summed E-state index contributed by atoms with van der Waals surface area (Å²) in [6.45, 7) is 9.81. The minimum Gasteiger partial charge on any atom is -0.492 e. The van der Waals surface area contributed by atoms with Gasteiger partial charge in [0.15, 0.2) is 5.82 Å². The first-order chi connectivity index (χ1) is 15.6. The van der Waals surface area contributed by atoms with Crippen molar-refractivity contribution in [2.24, 2.45) is 17.3 Å². The highest BCUT2D eigenvalue weighted by Gasteiger charge is 2.66. The predicted molar refractivity (Wildman–Crippen MR) is 124 cm³/mol. The summed E-state index contributed by atoms with van der Waals surface area (Å²) in [5.41, 5.74) is 2.16. The van der Waals surface area contributed by atoms with E-state index in [1.54, 1.807) is 6.20 Å². The van der Waals surface area contributed by atoms with Gasteiger partial charge in [-0.3, -0.25) is 4.98 Å². The lowest BCUT2D eigenvalue weighted by Gasteiger charge is -2.24. The van der Waals surface area contributed by atoms with Crippen LogP contribution in [0.15, 0.2) is 28.9 Å². The van der Waals surface area contributed by atoms with Crippen molar-refractivity contribution in [2.45, 2.75) is 33.1 Å². The van der Waals surface area contributed by atoms with E-state index in [9.17, 15) is 8.42 Å². The molecule has 178 valence electrons. The zero-order valence-corrected chi connectivity index (χ0v) is 20.4. The van der Waals surface area contributed by atoms with Crippen LogP contribution in [-0.4, -0.2) is 66.9 Å². The molecule has 3 aliphatic rings. The number of hydrogen-bond donors (Lipinski definition) is 0. The van der Waals surface area contributed by atoms with Gasteiger partial charge < -0.3 is 14.2 Å². The quantitative estimate of drug-likeness (QED) is 0.605. The fourth-order valence-corrected chi connectivity index (χ4v) is 5.88. The van der Waals surface area contributed by atoms with Gasteiger partial charge in [0.1, 0.15) is 5.75 Å². The molecule has 2 aromatic rings. The Bertz CT molecular complexity index is 1160. The zero-order chi connectivity index (χ0) is 23.4. The average Bonchev–Trinajstić information content (AvgIpc) is 3.15. The lowest BCUT2D eigenvalue weighted by Crippen LogP contribution is -2.33. The minimum atomic E-state index is -3.15. The molecule has 0 radical (unpaired) electrons. The Balaban J connectivity index is 1.13. The first-order valence-corrected chi connectivity index (χ1v) is 13.3. The Hall–Kier alpha value is -2.46. The molecule has 0 amide bonds. The highest BCUT2D eigenvalue weighted by Crippen LogP contribution is 2.63. The minimum absolute atomic E-state index is 0.207. The van der Waals surface area contributed by atoms with Crippen molar-refractivity contribution >= 4 is 21.6 Å². The second-order valence-corrected chi connectivity index (χ2v) is 12.0. The molecular formula is C23H31N5O4S. The summed E-state index contributed by atoms with van der Waals surface area (Å²) in [6.07, 6.45) is 5.62. The van der Waals surface area contributed by atoms with Gasteiger partial charge in [-0.1, -0.05) is 32.0 Å². The number of nitrogens with zero attached hydrogens (tertiary/aromatic N) is 5. The number of anilines is 1. The lowest BCUT2D eigenvalue weighted by atomic mass is 10.1. The van der Waals surface area contributed by atoms with E-state index in [0.717, 1.165) is 35.9 Å². The molecule has 3 atom stereocenters. The SMILES string of the molecule is CC(C)c1noc(N2CC3C(COc4ccc(C5=CCN(S(C)(=O)=O)CC5)nc4)C3(C)C2)n1. The second-order valence-electron chi connectivity index (χ2n) is 9.98. The van der Waals surface area contributed by atoms with E-state index >= 15 is 0 Å². The molecule has 33 heavy (non-hydrogen) atoms. The second kappa shape index (κ2) is 8.09. The van der Waals surface area contributed by atoms with E-state index in [-0.39, 0.29) is 11.3 Å². The summed E-state index contributed by atoms with van der Waals surface area (Å²) in [5, 5.41) is 4.08. The summed E-state index contributed by atoms with van der Waals surface area (Å²) >= 11 is 0. The third-order valence-corrected chi connectivity index (χ3v) is 8.64. The summed E-state index contributed by atoms with van der Waals surface area (Å²) in [6, 6.07) is 4.53. The van der Waals surface area contributed by atoms with Crippen molar-refractivity contribution in [3.8, 4) is 5.75 Å². The molecule has 10 heteroatoms. The monoisotopic (exact) mass is 473 g/mol. The number of ether oxygens (including phenoxy) is 1. The summed E-state index contributed by atoms with van der Waals surface area (Å²) < 4.78 is 36.3. The van der Waals surface area contributed by atoms with Crippen LogP contribution in [0.4, 0.5) is 6.01 Å². The van der Waals surface area contributed by atoms with Crippen LogP contribution in [0, 0.1) is 17.3 Å². The van der Waals surface area contributed by atoms with E-state index < -0.39 is 10.0 Å². The van der Waals surface area contributed by atoms with Crippen molar-refractivity contribution in [1.29, 1.82) is 0 Å². The van der Waals surface area contributed by atoms with E-state index in [1.807, 2.05) is 18.2 Å². The molecule has 0 bridgehead atoms. The number of fused-ring (bicyclic) bond motifs is 1. The molecule has 0 aromatic carbocycles. The third kappa shape index (κ3) is 4.26. The van der Waals surface area contributed by atoms with Crippen molar-refractivity contribution in [2.75, 3.05) is 43.9 Å². The maximum atomic E-state index is 11.7. The molecule has 1 saturated carbocycles. The van der Waals surface area contributed by atoms with Gasteiger partial charge in [0.2, 0.25) is 10.0 Å². The Morgan fingerprint density at radius 2 is 2.15 bits per heavy atom. The van der Waals surface area contributed by atoms with Crippen LogP contribution in [0.25, 0.3) is 5.57 Å². The largest absolute Gasteiger partial charge is 0.492 e. The highest BCUT2D eigenvalue weighted by molar-refractivity contribution is 7.88. The zero-order valence-electron chi connectivity index (χ0n) is 19.6. The number of sulfonamides is 1. The Morgan fingerprint density at radius 1 is 1.33 bits per heavy atom. The number of aromatic nitrogens is 3. The van der Waals surface area contributed by atoms with Crippen molar-refractivity contribution in [1.82, 2.24) is 19.4 Å². The first-order valence-electron chi connectivity index (χ1n) is 11.5. The van der Waals surface area contributed by atoms with Gasteiger partial charge in [-0.25, -0.2) is 8.42 Å². The van der Waals surface area contributed by atoms with Gasteiger partial charge in [-0.2, -0.15) is 9.29 Å². The topological polar surface area (TPSA) is 102 Å². The van der Waals surface area contributed by atoms with Crippen molar-refractivity contribution in [3.63, 3.8) is 0 Å². The van der Waals surface area contributed by atoms with Gasteiger partial charge in [-0.15, -0.1) is 0 Å². The van der Waals surface area contributed by atoms with Crippen LogP contribution in [0.5, 0.6) is 5.75 Å². The van der Waals surface area contributed by atoms with Crippen LogP contribution in [-0.2, 0) is 10.0 Å². The van der Waals surface area contributed by atoms with Gasteiger partial charge >= 0.3 is 6.01 Å². The van der Waals surface area contributed by atoms with Gasteiger partial charge in [0, 0.05) is 38.0 Å². The number of pyridine rings is 1. The van der Waals surface area contributed by atoms with Gasteiger partial charge in [0.25, 0.3) is 0 Å². The van der Waals surface area contributed by atoms with Crippen LogP contribution in [0.3, 0.4) is 0 Å². The summed E-state index contributed by atoms with van der Waals surface area (Å²) in [4.78, 5) is 11.3. The maximum Gasteiger partial charge on any atom is 0.324 e. The van der Waals surface area contributed by atoms with E-state index in [4.69, 9.17) is 9.26 Å². The Kier molecular flexibility index (Phi) is 5.48.